The number of rotatable bonds is 5. The molecule has 0 bridgehead atoms. The Kier molecular flexibility index (Phi) is 4.82. The maximum atomic E-state index is 5.23. The van der Waals surface area contributed by atoms with Gasteiger partial charge in [0.25, 0.3) is 0 Å². The summed E-state index contributed by atoms with van der Waals surface area (Å²) in [5, 5.41) is 3.09. The summed E-state index contributed by atoms with van der Waals surface area (Å²) in [6, 6.07) is 4.13. The molecule has 0 radical (unpaired) electrons. The third kappa shape index (κ3) is 4.11. The molecule has 0 fully saturated rings. The highest BCUT2D eigenvalue weighted by atomic mass is 15.1. The van der Waals surface area contributed by atoms with Gasteiger partial charge in [0, 0.05) is 19.3 Å². The van der Waals surface area contributed by atoms with Crippen molar-refractivity contribution in [3.8, 4) is 12.3 Å². The van der Waals surface area contributed by atoms with Crippen LogP contribution in [0.1, 0.15) is 11.3 Å². The predicted octanol–water partition coefficient (Wildman–Crippen LogP) is 0.866. The van der Waals surface area contributed by atoms with Gasteiger partial charge < -0.3 is 5.32 Å². The Morgan fingerprint density at radius 2 is 2.33 bits per heavy atom. The first-order valence-electron chi connectivity index (χ1n) is 4.96. The molecule has 1 N–H and O–H groups in total. The molecule has 80 valence electrons. The molecule has 0 aromatic carbocycles. The van der Waals surface area contributed by atoms with Gasteiger partial charge in [-0.15, -0.1) is 6.42 Å². The van der Waals surface area contributed by atoms with Crippen LogP contribution in [-0.4, -0.2) is 30.5 Å². The lowest BCUT2D eigenvalue weighted by molar-refractivity contribution is 0.364. The van der Waals surface area contributed by atoms with Crippen molar-refractivity contribution in [2.75, 3.05) is 20.6 Å². The first-order valence-corrected chi connectivity index (χ1v) is 4.96. The first-order chi connectivity index (χ1) is 7.26. The highest BCUT2D eigenvalue weighted by Gasteiger charge is 1.99. The molecular weight excluding hydrogens is 186 g/mol. The van der Waals surface area contributed by atoms with Crippen LogP contribution in [0.15, 0.2) is 18.3 Å². The summed E-state index contributed by atoms with van der Waals surface area (Å²) >= 11 is 0. The second-order valence-electron chi connectivity index (χ2n) is 3.56. The fourth-order valence-electron chi connectivity index (χ4n) is 1.35. The van der Waals surface area contributed by atoms with Gasteiger partial charge in [0.15, 0.2) is 0 Å². The fourth-order valence-corrected chi connectivity index (χ4v) is 1.35. The highest BCUT2D eigenvalue weighted by molar-refractivity contribution is 5.14. The summed E-state index contributed by atoms with van der Waals surface area (Å²) in [4.78, 5) is 6.42. The van der Waals surface area contributed by atoms with Gasteiger partial charge in [-0.25, -0.2) is 0 Å². The van der Waals surface area contributed by atoms with Gasteiger partial charge in [-0.2, -0.15) is 0 Å². The molecule has 0 aliphatic carbocycles. The standard InChI is InChI=1S/C12H17N3/c1-4-7-15(3)10-12-6-5-11(8-13-2)9-14-12/h1,5-6,9,13H,7-8,10H2,2-3H3. The smallest absolute Gasteiger partial charge is 0.0599 e. The number of hydrogen-bond donors (Lipinski definition) is 1. The monoisotopic (exact) mass is 203 g/mol. The maximum Gasteiger partial charge on any atom is 0.0599 e. The van der Waals surface area contributed by atoms with Gasteiger partial charge in [0.2, 0.25) is 0 Å². The fraction of sp³-hybridized carbons (Fsp3) is 0.417. The van der Waals surface area contributed by atoms with Gasteiger partial charge in [-0.1, -0.05) is 12.0 Å². The Bertz CT molecular complexity index is 324. The van der Waals surface area contributed by atoms with Crippen molar-refractivity contribution in [3.05, 3.63) is 29.6 Å². The second-order valence-corrected chi connectivity index (χ2v) is 3.56. The van der Waals surface area contributed by atoms with E-state index in [4.69, 9.17) is 6.42 Å². The molecule has 1 aromatic heterocycles. The number of aromatic nitrogens is 1. The van der Waals surface area contributed by atoms with Gasteiger partial charge in [-0.3, -0.25) is 9.88 Å². The molecular formula is C12H17N3. The molecule has 3 nitrogen and oxygen atoms in total. The Morgan fingerprint density at radius 3 is 2.87 bits per heavy atom. The van der Waals surface area contributed by atoms with Crippen LogP contribution >= 0.6 is 0 Å². The van der Waals surface area contributed by atoms with Crippen LogP contribution in [0, 0.1) is 12.3 Å². The average molecular weight is 203 g/mol. The molecule has 1 heterocycles. The van der Waals surface area contributed by atoms with Gasteiger partial charge in [0.1, 0.15) is 0 Å². The van der Waals surface area contributed by atoms with Gasteiger partial charge in [-0.05, 0) is 25.7 Å². The molecule has 15 heavy (non-hydrogen) atoms. The molecule has 0 atom stereocenters. The summed E-state index contributed by atoms with van der Waals surface area (Å²) in [5.41, 5.74) is 2.24. The van der Waals surface area contributed by atoms with Crippen molar-refractivity contribution in [2.45, 2.75) is 13.1 Å². The Hall–Kier alpha value is -1.37. The number of pyridine rings is 1. The van der Waals surface area contributed by atoms with E-state index in [1.165, 1.54) is 5.56 Å². The number of nitrogens with one attached hydrogen (secondary N) is 1. The molecule has 0 unspecified atom stereocenters. The summed E-state index contributed by atoms with van der Waals surface area (Å²) in [6.07, 6.45) is 7.12. The quantitative estimate of drug-likeness (QED) is 0.720. The Labute approximate surface area is 91.5 Å². The lowest BCUT2D eigenvalue weighted by Crippen LogP contribution is -2.18. The largest absolute Gasteiger partial charge is 0.316 e. The van der Waals surface area contributed by atoms with E-state index >= 15 is 0 Å². The molecule has 0 amide bonds. The normalized spacial score (nSPS) is 10.3. The van der Waals surface area contributed by atoms with Crippen molar-refractivity contribution in [1.82, 2.24) is 15.2 Å². The third-order valence-electron chi connectivity index (χ3n) is 2.06. The van der Waals surface area contributed by atoms with Gasteiger partial charge >= 0.3 is 0 Å². The molecule has 1 rings (SSSR count). The lowest BCUT2D eigenvalue weighted by Gasteiger charge is -2.12. The van der Waals surface area contributed by atoms with Crippen molar-refractivity contribution >= 4 is 0 Å². The minimum absolute atomic E-state index is 0.653. The van der Waals surface area contributed by atoms with Crippen molar-refractivity contribution in [2.24, 2.45) is 0 Å². The highest BCUT2D eigenvalue weighted by Crippen LogP contribution is 2.02. The van der Waals surface area contributed by atoms with E-state index in [0.29, 0.717) is 6.54 Å². The number of nitrogens with zero attached hydrogens (tertiary/aromatic N) is 2. The molecule has 0 saturated carbocycles. The zero-order valence-corrected chi connectivity index (χ0v) is 9.33. The molecule has 3 heteroatoms. The first kappa shape index (κ1) is 11.7. The van der Waals surface area contributed by atoms with E-state index < -0.39 is 0 Å². The van der Waals surface area contributed by atoms with Crippen LogP contribution in [0.3, 0.4) is 0 Å². The molecule has 1 aromatic rings. The van der Waals surface area contributed by atoms with Crippen LogP contribution < -0.4 is 5.32 Å². The lowest BCUT2D eigenvalue weighted by atomic mass is 10.2. The zero-order chi connectivity index (χ0) is 11.1. The van der Waals surface area contributed by atoms with Crippen molar-refractivity contribution < 1.29 is 0 Å². The van der Waals surface area contributed by atoms with Crippen LogP contribution in [0.5, 0.6) is 0 Å². The summed E-state index contributed by atoms with van der Waals surface area (Å²) in [5.74, 6) is 2.61. The van der Waals surface area contributed by atoms with Gasteiger partial charge in [0.05, 0.1) is 12.2 Å². The predicted molar refractivity (Wildman–Crippen MR) is 62.2 cm³/mol. The van der Waals surface area contributed by atoms with E-state index in [2.05, 4.69) is 27.2 Å². The van der Waals surface area contributed by atoms with E-state index in [1.807, 2.05) is 26.4 Å². The minimum Gasteiger partial charge on any atom is -0.316 e. The summed E-state index contributed by atoms with van der Waals surface area (Å²) in [7, 11) is 3.91. The van der Waals surface area contributed by atoms with Crippen LogP contribution in [0.2, 0.25) is 0 Å². The second kappa shape index (κ2) is 6.18. The van der Waals surface area contributed by atoms with E-state index in [9.17, 15) is 0 Å². The SMILES string of the molecule is C#CCN(C)Cc1ccc(CNC)cn1. The van der Waals surface area contributed by atoms with Crippen LogP contribution in [0.4, 0.5) is 0 Å². The molecule has 0 aliphatic rings. The zero-order valence-electron chi connectivity index (χ0n) is 9.33. The number of hydrogen-bond acceptors (Lipinski definition) is 3. The third-order valence-corrected chi connectivity index (χ3v) is 2.06. The van der Waals surface area contributed by atoms with Crippen LogP contribution in [0.25, 0.3) is 0 Å². The molecule has 0 saturated heterocycles. The Morgan fingerprint density at radius 1 is 1.53 bits per heavy atom. The summed E-state index contributed by atoms with van der Waals surface area (Å²) < 4.78 is 0. The topological polar surface area (TPSA) is 28.2 Å². The number of terminal acetylenes is 1. The molecule has 0 spiro atoms. The maximum absolute atomic E-state index is 5.23. The van der Waals surface area contributed by atoms with Crippen molar-refractivity contribution in [3.63, 3.8) is 0 Å². The average Bonchev–Trinajstić information content (AvgIpc) is 2.22. The van der Waals surface area contributed by atoms with Crippen LogP contribution in [-0.2, 0) is 13.1 Å². The van der Waals surface area contributed by atoms with E-state index in [-0.39, 0.29) is 0 Å². The summed E-state index contributed by atoms with van der Waals surface area (Å²) in [6.45, 7) is 2.30. The molecule has 0 aliphatic heterocycles. The van der Waals surface area contributed by atoms with E-state index in [0.717, 1.165) is 18.8 Å². The minimum atomic E-state index is 0.653. The van der Waals surface area contributed by atoms with Crippen molar-refractivity contribution in [1.29, 1.82) is 0 Å². The Balaban J connectivity index is 2.53. The van der Waals surface area contributed by atoms with E-state index in [1.54, 1.807) is 0 Å².